The lowest BCUT2D eigenvalue weighted by molar-refractivity contribution is 0.122. The molecule has 182 valence electrons. The van der Waals surface area contributed by atoms with E-state index in [1.54, 1.807) is 18.6 Å². The SMILES string of the molecule is Fc1cnc(N=NCc2ccc(Nc3ccc(-c4cccnc4)cc3Cl)cn2)nc1N1CCOCC1. The van der Waals surface area contributed by atoms with E-state index in [0.29, 0.717) is 37.0 Å². The summed E-state index contributed by atoms with van der Waals surface area (Å²) in [6.07, 6.45) is 6.34. The Kier molecular flexibility index (Phi) is 7.34. The van der Waals surface area contributed by atoms with Crippen LogP contribution in [0.2, 0.25) is 5.02 Å². The fraction of sp³-hybridized carbons (Fsp3) is 0.200. The standard InChI is InChI=1S/C25H22ClFN8O/c26-21-12-17(18-2-1-7-28-13-18)3-6-23(21)32-20-5-4-19(29-14-20)15-31-34-25-30-16-22(27)24(33-25)35-8-10-36-11-9-35/h1-7,12-14,16,32H,8-11,15H2. The van der Waals surface area contributed by atoms with Crippen LogP contribution in [0.1, 0.15) is 5.69 Å². The second kappa shape index (κ2) is 11.1. The summed E-state index contributed by atoms with van der Waals surface area (Å²) in [5, 5.41) is 12.0. The van der Waals surface area contributed by atoms with Gasteiger partial charge in [0.1, 0.15) is 6.54 Å². The minimum absolute atomic E-state index is 0.0977. The molecule has 3 aromatic heterocycles. The van der Waals surface area contributed by atoms with Crippen LogP contribution >= 0.6 is 11.6 Å². The molecule has 0 spiro atoms. The van der Waals surface area contributed by atoms with Crippen molar-refractivity contribution >= 4 is 34.7 Å². The van der Waals surface area contributed by atoms with Crippen LogP contribution in [0.3, 0.4) is 0 Å². The van der Waals surface area contributed by atoms with Gasteiger partial charge >= 0.3 is 0 Å². The Morgan fingerprint density at radius 2 is 1.92 bits per heavy atom. The highest BCUT2D eigenvalue weighted by molar-refractivity contribution is 6.33. The van der Waals surface area contributed by atoms with Crippen molar-refractivity contribution in [1.82, 2.24) is 19.9 Å². The number of pyridine rings is 2. The summed E-state index contributed by atoms with van der Waals surface area (Å²) in [5.74, 6) is -0.184. The molecule has 0 radical (unpaired) electrons. The number of azo groups is 1. The number of hydrogen-bond acceptors (Lipinski definition) is 9. The Bertz CT molecular complexity index is 1350. The zero-order valence-electron chi connectivity index (χ0n) is 19.2. The highest BCUT2D eigenvalue weighted by atomic mass is 35.5. The second-order valence-corrected chi connectivity index (χ2v) is 8.35. The molecule has 0 unspecified atom stereocenters. The molecule has 4 heterocycles. The monoisotopic (exact) mass is 504 g/mol. The Labute approximate surface area is 212 Å². The van der Waals surface area contributed by atoms with Gasteiger partial charge in [-0.25, -0.2) is 9.37 Å². The van der Waals surface area contributed by atoms with Gasteiger partial charge in [0.25, 0.3) is 5.95 Å². The lowest BCUT2D eigenvalue weighted by Crippen LogP contribution is -2.37. The highest BCUT2D eigenvalue weighted by Crippen LogP contribution is 2.30. The van der Waals surface area contributed by atoms with Crippen LogP contribution in [-0.4, -0.2) is 46.2 Å². The van der Waals surface area contributed by atoms with Crippen LogP contribution in [0.15, 0.2) is 77.5 Å². The molecule has 9 nitrogen and oxygen atoms in total. The van der Waals surface area contributed by atoms with Crippen LogP contribution in [0.25, 0.3) is 11.1 Å². The summed E-state index contributed by atoms with van der Waals surface area (Å²) in [6.45, 7) is 2.41. The molecule has 11 heteroatoms. The topological polar surface area (TPSA) is 101 Å². The number of anilines is 3. The summed E-state index contributed by atoms with van der Waals surface area (Å²) >= 11 is 6.48. The second-order valence-electron chi connectivity index (χ2n) is 7.94. The number of hydrogen-bond donors (Lipinski definition) is 1. The number of nitrogens with zero attached hydrogens (tertiary/aromatic N) is 7. The van der Waals surface area contributed by atoms with E-state index in [-0.39, 0.29) is 18.3 Å². The van der Waals surface area contributed by atoms with Gasteiger partial charge in [-0.3, -0.25) is 9.97 Å². The van der Waals surface area contributed by atoms with E-state index in [4.69, 9.17) is 16.3 Å². The molecule has 0 amide bonds. The molecule has 5 rings (SSSR count). The van der Waals surface area contributed by atoms with Crippen molar-refractivity contribution in [2.75, 3.05) is 36.5 Å². The minimum atomic E-state index is -0.493. The lowest BCUT2D eigenvalue weighted by atomic mass is 10.1. The van der Waals surface area contributed by atoms with Crippen molar-refractivity contribution in [3.63, 3.8) is 0 Å². The maximum atomic E-state index is 14.2. The number of nitrogens with one attached hydrogen (secondary N) is 1. The third-order valence-electron chi connectivity index (χ3n) is 5.48. The zero-order chi connectivity index (χ0) is 24.7. The van der Waals surface area contributed by atoms with Crippen LogP contribution in [0.4, 0.5) is 27.5 Å². The third-order valence-corrected chi connectivity index (χ3v) is 5.80. The molecular weight excluding hydrogens is 483 g/mol. The van der Waals surface area contributed by atoms with E-state index in [1.165, 1.54) is 0 Å². The predicted octanol–water partition coefficient (Wildman–Crippen LogP) is 5.59. The van der Waals surface area contributed by atoms with Crippen molar-refractivity contribution in [2.24, 2.45) is 10.2 Å². The van der Waals surface area contributed by atoms with Crippen LogP contribution in [0, 0.1) is 5.82 Å². The first-order chi connectivity index (χ1) is 17.7. The van der Waals surface area contributed by atoms with Gasteiger partial charge in [-0.15, -0.1) is 5.11 Å². The molecule has 1 N–H and O–H groups in total. The molecule has 0 bridgehead atoms. The van der Waals surface area contributed by atoms with Crippen molar-refractivity contribution in [1.29, 1.82) is 0 Å². The first kappa shape index (κ1) is 23.7. The van der Waals surface area contributed by atoms with E-state index in [9.17, 15) is 4.39 Å². The third kappa shape index (κ3) is 5.78. The van der Waals surface area contributed by atoms with Crippen molar-refractivity contribution in [2.45, 2.75) is 6.54 Å². The summed E-state index contributed by atoms with van der Waals surface area (Å²) in [5.41, 5.74) is 4.24. The van der Waals surface area contributed by atoms with Crippen LogP contribution in [0.5, 0.6) is 0 Å². The molecule has 1 fully saturated rings. The first-order valence-electron chi connectivity index (χ1n) is 11.3. The molecular formula is C25H22ClFN8O. The number of ether oxygens (including phenoxy) is 1. The summed E-state index contributed by atoms with van der Waals surface area (Å²) in [6, 6.07) is 13.4. The number of aromatic nitrogens is 4. The average Bonchev–Trinajstić information content (AvgIpc) is 2.93. The van der Waals surface area contributed by atoms with Crippen LogP contribution in [-0.2, 0) is 11.3 Å². The van der Waals surface area contributed by atoms with Gasteiger partial charge in [-0.1, -0.05) is 23.7 Å². The van der Waals surface area contributed by atoms with Gasteiger partial charge in [-0.2, -0.15) is 10.1 Å². The van der Waals surface area contributed by atoms with Gasteiger partial charge < -0.3 is 15.0 Å². The van der Waals surface area contributed by atoms with E-state index < -0.39 is 5.82 Å². The van der Waals surface area contributed by atoms with E-state index in [2.05, 4.69) is 35.5 Å². The molecule has 0 saturated carbocycles. The van der Waals surface area contributed by atoms with Gasteiger partial charge in [0.15, 0.2) is 11.6 Å². The Morgan fingerprint density at radius 1 is 1.03 bits per heavy atom. The summed E-state index contributed by atoms with van der Waals surface area (Å²) in [7, 11) is 0. The molecule has 36 heavy (non-hydrogen) atoms. The maximum Gasteiger partial charge on any atom is 0.270 e. The smallest absolute Gasteiger partial charge is 0.270 e. The minimum Gasteiger partial charge on any atom is -0.378 e. The molecule has 1 saturated heterocycles. The van der Waals surface area contributed by atoms with Crippen molar-refractivity contribution < 1.29 is 9.13 Å². The Morgan fingerprint density at radius 3 is 2.67 bits per heavy atom. The Balaban J connectivity index is 1.20. The zero-order valence-corrected chi connectivity index (χ0v) is 19.9. The fourth-order valence-electron chi connectivity index (χ4n) is 3.64. The molecule has 1 aromatic carbocycles. The average molecular weight is 505 g/mol. The van der Waals surface area contributed by atoms with E-state index in [1.807, 2.05) is 47.4 Å². The number of halogens is 2. The van der Waals surface area contributed by atoms with Crippen molar-refractivity contribution in [3.8, 4) is 11.1 Å². The van der Waals surface area contributed by atoms with E-state index >= 15 is 0 Å². The molecule has 1 aliphatic heterocycles. The predicted molar refractivity (Wildman–Crippen MR) is 135 cm³/mol. The quantitative estimate of drug-likeness (QED) is 0.327. The maximum absolute atomic E-state index is 14.2. The largest absolute Gasteiger partial charge is 0.378 e. The van der Waals surface area contributed by atoms with Gasteiger partial charge in [0.2, 0.25) is 0 Å². The van der Waals surface area contributed by atoms with E-state index in [0.717, 1.165) is 28.7 Å². The molecule has 4 aromatic rings. The van der Waals surface area contributed by atoms with Crippen LogP contribution < -0.4 is 10.2 Å². The summed E-state index contributed by atoms with van der Waals surface area (Å²) in [4.78, 5) is 18.5. The number of morpholine rings is 1. The Hall–Kier alpha value is -4.02. The molecule has 0 atom stereocenters. The first-order valence-corrected chi connectivity index (χ1v) is 11.7. The number of benzene rings is 1. The van der Waals surface area contributed by atoms with Gasteiger partial charge in [-0.05, 0) is 35.9 Å². The van der Waals surface area contributed by atoms with Gasteiger partial charge in [0, 0.05) is 31.0 Å². The summed E-state index contributed by atoms with van der Waals surface area (Å²) < 4.78 is 19.5. The fourth-order valence-corrected chi connectivity index (χ4v) is 3.87. The lowest BCUT2D eigenvalue weighted by Gasteiger charge is -2.27. The number of rotatable bonds is 7. The highest BCUT2D eigenvalue weighted by Gasteiger charge is 2.17. The normalized spacial score (nSPS) is 13.8. The van der Waals surface area contributed by atoms with Gasteiger partial charge in [0.05, 0.1) is 47.7 Å². The van der Waals surface area contributed by atoms with Crippen molar-refractivity contribution in [3.05, 3.63) is 83.8 Å². The molecule has 0 aliphatic carbocycles. The molecule has 1 aliphatic rings.